The van der Waals surface area contributed by atoms with Gasteiger partial charge < -0.3 is 31.1 Å². The number of aliphatic hydroxyl groups excluding tert-OH is 1. The number of halogens is 2. The summed E-state index contributed by atoms with van der Waals surface area (Å²) in [5.41, 5.74) is 2.77. The van der Waals surface area contributed by atoms with Crippen molar-refractivity contribution < 1.29 is 28.2 Å². The molecule has 0 spiro atoms. The van der Waals surface area contributed by atoms with Gasteiger partial charge in [0.15, 0.2) is 23.0 Å². The fourth-order valence-electron chi connectivity index (χ4n) is 5.38. The van der Waals surface area contributed by atoms with Gasteiger partial charge in [0.25, 0.3) is 5.91 Å². The summed E-state index contributed by atoms with van der Waals surface area (Å²) in [6.07, 6.45) is 5.66. The first kappa shape index (κ1) is 28.5. The normalized spacial score (nSPS) is 21.0. The van der Waals surface area contributed by atoms with E-state index in [4.69, 9.17) is 4.74 Å². The minimum Gasteiger partial charge on any atom is -0.494 e. The van der Waals surface area contributed by atoms with E-state index in [2.05, 4.69) is 31.2 Å². The molecule has 4 atom stereocenters. The molecule has 1 aliphatic carbocycles. The lowest BCUT2D eigenvalue weighted by Crippen LogP contribution is -2.43. The summed E-state index contributed by atoms with van der Waals surface area (Å²) in [4.78, 5) is 34.3. The molecule has 0 bridgehead atoms. The summed E-state index contributed by atoms with van der Waals surface area (Å²) >= 11 is 0. The highest BCUT2D eigenvalue weighted by molar-refractivity contribution is 5.97. The van der Waals surface area contributed by atoms with Crippen LogP contribution in [0.5, 0.6) is 5.75 Å². The Labute approximate surface area is 245 Å². The van der Waals surface area contributed by atoms with Gasteiger partial charge >= 0.3 is 0 Å². The van der Waals surface area contributed by atoms with E-state index in [0.29, 0.717) is 54.2 Å². The number of ether oxygens (including phenoxy) is 1. The van der Waals surface area contributed by atoms with E-state index in [0.717, 1.165) is 5.56 Å². The Morgan fingerprint density at radius 3 is 2.67 bits per heavy atom. The zero-order chi connectivity index (χ0) is 30.2. The number of nitrogens with zero attached hydrogens (tertiary/aromatic N) is 3. The summed E-state index contributed by atoms with van der Waals surface area (Å²) < 4.78 is 35.7. The quantitative estimate of drug-likeness (QED) is 0.200. The number of hydrogen-bond acceptors (Lipinski definition) is 8. The fraction of sp³-hybridized carbons (Fsp3) is 0.333. The molecular weight excluding hydrogens is 560 g/mol. The monoisotopic (exact) mass is 591 g/mol. The molecule has 5 N–H and O–H groups in total. The fourth-order valence-corrected chi connectivity index (χ4v) is 5.38. The Bertz CT molecular complexity index is 1710. The average Bonchev–Trinajstić information content (AvgIpc) is 3.35. The number of hydrogen-bond donors (Lipinski definition) is 5. The number of carbonyl (C=O) groups excluding carboxylic acids is 2. The molecule has 2 aromatic heterocycles. The van der Waals surface area contributed by atoms with Gasteiger partial charge in [0.1, 0.15) is 0 Å². The largest absolute Gasteiger partial charge is 0.494 e. The minimum atomic E-state index is -1.08. The SMILES string of the molecule is CCc1cc(Nc2nccn3c(-c4ccc(OC)c(F)c4F)cnc23)ccc1C(=O)N[C@@H]1C[C@H]1NC(=O)[C@@H]1C[C@@H](O)CN1. The lowest BCUT2D eigenvalue weighted by atomic mass is 10.0. The van der Waals surface area contributed by atoms with E-state index in [1.54, 1.807) is 22.7 Å². The van der Waals surface area contributed by atoms with Crippen molar-refractivity contribution in [3.05, 3.63) is 71.7 Å². The van der Waals surface area contributed by atoms with E-state index in [-0.39, 0.29) is 35.2 Å². The number of aromatic nitrogens is 3. The smallest absolute Gasteiger partial charge is 0.251 e. The van der Waals surface area contributed by atoms with Gasteiger partial charge in [-0.25, -0.2) is 14.4 Å². The molecule has 4 aromatic rings. The van der Waals surface area contributed by atoms with Crippen molar-refractivity contribution in [1.82, 2.24) is 30.3 Å². The molecule has 1 aliphatic heterocycles. The second-order valence-electron chi connectivity index (χ2n) is 10.7. The lowest BCUT2D eigenvalue weighted by molar-refractivity contribution is -0.123. The summed E-state index contributed by atoms with van der Waals surface area (Å²) in [5, 5.41) is 21.8. The maximum Gasteiger partial charge on any atom is 0.251 e. The number of β-amino-alcohol motifs (C(OH)–C–C–N with tert-alkyl or cyclic N) is 1. The molecule has 11 nitrogen and oxygen atoms in total. The Morgan fingerprint density at radius 1 is 1.12 bits per heavy atom. The first-order chi connectivity index (χ1) is 20.8. The number of fused-ring (bicyclic) bond motifs is 1. The number of imidazole rings is 1. The zero-order valence-electron chi connectivity index (χ0n) is 23.5. The highest BCUT2D eigenvalue weighted by Crippen LogP contribution is 2.32. The molecule has 6 rings (SSSR count). The van der Waals surface area contributed by atoms with Crippen LogP contribution in [0, 0.1) is 11.6 Å². The molecule has 3 heterocycles. The molecule has 2 aliphatic rings. The predicted molar refractivity (Wildman–Crippen MR) is 154 cm³/mol. The Balaban J connectivity index is 1.15. The number of nitrogens with one attached hydrogen (secondary N) is 4. The summed E-state index contributed by atoms with van der Waals surface area (Å²) in [6, 6.07) is 7.40. The van der Waals surface area contributed by atoms with Crippen LogP contribution in [0.25, 0.3) is 16.9 Å². The highest BCUT2D eigenvalue weighted by atomic mass is 19.2. The number of carbonyl (C=O) groups is 2. The summed E-state index contributed by atoms with van der Waals surface area (Å²) in [6.45, 7) is 2.34. The number of benzene rings is 2. The number of aliphatic hydroxyl groups is 1. The van der Waals surface area contributed by atoms with Gasteiger partial charge in [-0.1, -0.05) is 6.92 Å². The third kappa shape index (κ3) is 5.60. The Morgan fingerprint density at radius 2 is 1.93 bits per heavy atom. The van der Waals surface area contributed by atoms with E-state index in [1.165, 1.54) is 31.6 Å². The van der Waals surface area contributed by atoms with Crippen molar-refractivity contribution in [3.8, 4) is 17.0 Å². The lowest BCUT2D eigenvalue weighted by Gasteiger charge is -2.14. The van der Waals surface area contributed by atoms with Crippen LogP contribution in [0.3, 0.4) is 0 Å². The molecule has 1 saturated heterocycles. The maximum atomic E-state index is 14.8. The van der Waals surface area contributed by atoms with Gasteiger partial charge in [-0.05, 0) is 55.2 Å². The van der Waals surface area contributed by atoms with Gasteiger partial charge in [0.2, 0.25) is 11.7 Å². The van der Waals surface area contributed by atoms with Crippen LogP contribution in [0.4, 0.5) is 20.3 Å². The summed E-state index contributed by atoms with van der Waals surface area (Å²) in [7, 11) is 1.27. The Kier molecular flexibility index (Phi) is 7.67. The van der Waals surface area contributed by atoms with E-state index in [1.807, 2.05) is 13.0 Å². The maximum absolute atomic E-state index is 14.8. The van der Waals surface area contributed by atoms with E-state index in [9.17, 15) is 23.5 Å². The molecule has 2 aromatic carbocycles. The molecule has 224 valence electrons. The third-order valence-corrected chi connectivity index (χ3v) is 7.82. The number of rotatable bonds is 9. The minimum absolute atomic E-state index is 0.0260. The van der Waals surface area contributed by atoms with Crippen molar-refractivity contribution in [2.24, 2.45) is 0 Å². The molecule has 43 heavy (non-hydrogen) atoms. The van der Waals surface area contributed by atoms with Crippen LogP contribution in [-0.2, 0) is 11.2 Å². The topological polar surface area (TPSA) is 142 Å². The first-order valence-electron chi connectivity index (χ1n) is 14.0. The highest BCUT2D eigenvalue weighted by Gasteiger charge is 2.41. The first-order valence-corrected chi connectivity index (χ1v) is 14.0. The second-order valence-corrected chi connectivity index (χ2v) is 10.7. The number of amides is 2. The van der Waals surface area contributed by atoms with Crippen molar-refractivity contribution in [2.45, 2.75) is 50.4 Å². The molecule has 0 radical (unpaired) electrons. The molecule has 13 heteroatoms. The van der Waals surface area contributed by atoms with Gasteiger partial charge in [0, 0.05) is 35.8 Å². The molecule has 2 fully saturated rings. The standard InChI is InChI=1S/C30H31F2N7O4/c1-3-15-10-16(4-5-18(15)29(41)37-20-12-21(20)38-30(42)22-11-17(40)13-34-22)36-27-28-35-14-23(39(28)9-8-33-27)19-6-7-24(43-2)26(32)25(19)31/h4-10,14,17,20-22,34,40H,3,11-13H2,1-2H3,(H,33,36)(H,37,41)(H,38,42)/t17-,20-,21-,22+/m1/s1. The van der Waals surface area contributed by atoms with Crippen molar-refractivity contribution in [1.29, 1.82) is 0 Å². The number of aryl methyl sites for hydroxylation is 1. The van der Waals surface area contributed by atoms with Gasteiger partial charge in [-0.15, -0.1) is 0 Å². The van der Waals surface area contributed by atoms with Crippen molar-refractivity contribution in [3.63, 3.8) is 0 Å². The van der Waals surface area contributed by atoms with Crippen LogP contribution in [-0.4, -0.2) is 69.2 Å². The van der Waals surface area contributed by atoms with Crippen molar-refractivity contribution in [2.75, 3.05) is 19.0 Å². The predicted octanol–water partition coefficient (Wildman–Crippen LogP) is 2.70. The van der Waals surface area contributed by atoms with Crippen LogP contribution in [0.2, 0.25) is 0 Å². The Hall–Kier alpha value is -4.62. The zero-order valence-corrected chi connectivity index (χ0v) is 23.5. The average molecular weight is 592 g/mol. The van der Waals surface area contributed by atoms with Gasteiger partial charge in [-0.3, -0.25) is 14.0 Å². The number of anilines is 2. The van der Waals surface area contributed by atoms with E-state index < -0.39 is 23.8 Å². The van der Waals surface area contributed by atoms with Crippen LogP contribution in [0.15, 0.2) is 48.9 Å². The molecular formula is C30H31F2N7O4. The van der Waals surface area contributed by atoms with Crippen molar-refractivity contribution >= 4 is 29.0 Å². The molecule has 1 saturated carbocycles. The van der Waals surface area contributed by atoms with Crippen LogP contribution in [0.1, 0.15) is 35.7 Å². The van der Waals surface area contributed by atoms with Crippen LogP contribution >= 0.6 is 0 Å². The third-order valence-electron chi connectivity index (χ3n) is 7.82. The second kappa shape index (κ2) is 11.6. The van der Waals surface area contributed by atoms with E-state index >= 15 is 0 Å². The number of methoxy groups -OCH3 is 1. The molecule has 0 unspecified atom stereocenters. The van der Waals surface area contributed by atoms with Gasteiger partial charge in [-0.2, -0.15) is 4.39 Å². The molecule has 2 amide bonds. The summed E-state index contributed by atoms with van der Waals surface area (Å²) in [5.74, 6) is -2.32. The van der Waals surface area contributed by atoms with Gasteiger partial charge in [0.05, 0.1) is 43.2 Å². The van der Waals surface area contributed by atoms with Crippen LogP contribution < -0.4 is 26.0 Å².